The van der Waals surface area contributed by atoms with Gasteiger partial charge in [-0.25, -0.2) is 17.9 Å². The van der Waals surface area contributed by atoms with Gasteiger partial charge in [0.1, 0.15) is 0 Å². The summed E-state index contributed by atoms with van der Waals surface area (Å²) in [5.41, 5.74) is 6.63. The summed E-state index contributed by atoms with van der Waals surface area (Å²) < 4.78 is 30.6. The highest BCUT2D eigenvalue weighted by atomic mass is 79.9. The molecule has 22 heavy (non-hydrogen) atoms. The maximum atomic E-state index is 12.4. The topological polar surface area (TPSA) is 99.1 Å². The zero-order valence-corrected chi connectivity index (χ0v) is 15.0. The van der Waals surface area contributed by atoms with Gasteiger partial charge < -0.3 is 5.73 Å². The van der Waals surface area contributed by atoms with E-state index in [2.05, 4.69) is 20.7 Å². The van der Waals surface area contributed by atoms with E-state index in [4.69, 9.17) is 5.73 Å². The second-order valence-electron chi connectivity index (χ2n) is 5.34. The van der Waals surface area contributed by atoms with Gasteiger partial charge in [-0.05, 0) is 41.4 Å². The zero-order chi connectivity index (χ0) is 16.7. The highest BCUT2D eigenvalue weighted by Gasteiger charge is 2.20. The molecule has 0 bridgehead atoms. The van der Waals surface area contributed by atoms with E-state index in [1.807, 2.05) is 6.92 Å². The second kappa shape index (κ2) is 6.15. The van der Waals surface area contributed by atoms with Crippen LogP contribution in [0.15, 0.2) is 26.3 Å². The number of halogens is 1. The predicted octanol–water partition coefficient (Wildman–Crippen LogP) is 0.655. The number of nitrogens with zero attached hydrogens (tertiary/aromatic N) is 2. The van der Waals surface area contributed by atoms with Crippen molar-refractivity contribution in [3.8, 4) is 0 Å². The minimum atomic E-state index is -3.68. The van der Waals surface area contributed by atoms with Crippen LogP contribution in [0.3, 0.4) is 0 Å². The molecule has 1 atom stereocenters. The molecule has 1 heterocycles. The van der Waals surface area contributed by atoms with Crippen LogP contribution >= 0.6 is 15.9 Å². The van der Waals surface area contributed by atoms with E-state index < -0.39 is 10.0 Å². The van der Waals surface area contributed by atoms with Crippen LogP contribution in [-0.4, -0.2) is 30.1 Å². The molecule has 1 aromatic carbocycles. The molecule has 0 aliphatic carbocycles. The maximum Gasteiger partial charge on any atom is 0.328 e. The monoisotopic (exact) mass is 390 g/mol. The number of nitrogens with two attached hydrogens (primary N) is 1. The lowest BCUT2D eigenvalue weighted by Crippen LogP contribution is -2.29. The molecular weight excluding hydrogens is 372 g/mol. The van der Waals surface area contributed by atoms with Gasteiger partial charge in [0.2, 0.25) is 10.0 Å². The smallest absolute Gasteiger partial charge is 0.328 e. The van der Waals surface area contributed by atoms with Crippen LogP contribution in [0.2, 0.25) is 0 Å². The molecule has 0 aliphatic rings. The van der Waals surface area contributed by atoms with Gasteiger partial charge >= 0.3 is 5.69 Å². The molecule has 0 radical (unpaired) electrons. The molecule has 0 fully saturated rings. The molecule has 0 amide bonds. The molecule has 3 N–H and O–H groups in total. The molecule has 0 saturated carbocycles. The first kappa shape index (κ1) is 17.2. The first-order valence-electron chi connectivity index (χ1n) is 6.75. The van der Waals surface area contributed by atoms with Crippen molar-refractivity contribution in [2.24, 2.45) is 19.8 Å². The van der Waals surface area contributed by atoms with Crippen molar-refractivity contribution in [1.82, 2.24) is 13.9 Å². The minimum Gasteiger partial charge on any atom is -0.328 e. The molecule has 122 valence electrons. The van der Waals surface area contributed by atoms with Crippen molar-refractivity contribution in [1.29, 1.82) is 0 Å². The van der Waals surface area contributed by atoms with Crippen LogP contribution in [0.25, 0.3) is 11.0 Å². The Bertz CT molecular complexity index is 868. The van der Waals surface area contributed by atoms with Gasteiger partial charge in [-0.3, -0.25) is 9.13 Å². The van der Waals surface area contributed by atoms with Crippen molar-refractivity contribution in [3.63, 3.8) is 0 Å². The lowest BCUT2D eigenvalue weighted by atomic mass is 10.3. The van der Waals surface area contributed by atoms with Crippen molar-refractivity contribution in [2.45, 2.75) is 24.3 Å². The minimum absolute atomic E-state index is 0.0800. The normalized spacial score (nSPS) is 13.7. The summed E-state index contributed by atoms with van der Waals surface area (Å²) in [5, 5.41) is 0. The fourth-order valence-corrected chi connectivity index (χ4v) is 4.30. The summed E-state index contributed by atoms with van der Waals surface area (Å²) in [7, 11) is -0.421. The highest BCUT2D eigenvalue weighted by molar-refractivity contribution is 9.10. The van der Waals surface area contributed by atoms with Gasteiger partial charge in [0.15, 0.2) is 0 Å². The standard InChI is InChI=1S/C13H19BrN4O3S/c1-8(15)4-5-16-22(20,21)12-7-11-10(6-9(12)14)17(2)13(19)18(11)3/h6-8,16H,4-5,15H2,1-3H3. The van der Waals surface area contributed by atoms with E-state index in [0.717, 1.165) is 0 Å². The summed E-state index contributed by atoms with van der Waals surface area (Å²) in [6.07, 6.45) is 0.545. The van der Waals surface area contributed by atoms with Crippen LogP contribution in [-0.2, 0) is 24.1 Å². The maximum absolute atomic E-state index is 12.4. The molecule has 2 aromatic rings. The molecule has 2 rings (SSSR count). The number of benzene rings is 1. The number of nitrogens with one attached hydrogen (secondary N) is 1. The highest BCUT2D eigenvalue weighted by Crippen LogP contribution is 2.27. The number of aryl methyl sites for hydroxylation is 2. The third-order valence-corrected chi connectivity index (χ3v) is 5.93. The lowest BCUT2D eigenvalue weighted by molar-refractivity contribution is 0.571. The van der Waals surface area contributed by atoms with Gasteiger partial charge in [-0.2, -0.15) is 0 Å². The molecule has 7 nitrogen and oxygen atoms in total. The molecule has 0 spiro atoms. The van der Waals surface area contributed by atoms with Crippen molar-refractivity contribution < 1.29 is 8.42 Å². The first-order valence-corrected chi connectivity index (χ1v) is 9.03. The number of hydrogen-bond donors (Lipinski definition) is 2. The van der Waals surface area contributed by atoms with Crippen LogP contribution in [0.1, 0.15) is 13.3 Å². The lowest BCUT2D eigenvalue weighted by Gasteiger charge is -2.10. The van der Waals surface area contributed by atoms with E-state index in [0.29, 0.717) is 21.9 Å². The number of sulfonamides is 1. The van der Waals surface area contributed by atoms with E-state index in [9.17, 15) is 13.2 Å². The number of rotatable bonds is 5. The molecule has 0 saturated heterocycles. The molecule has 1 aromatic heterocycles. The Morgan fingerprint density at radius 1 is 1.27 bits per heavy atom. The number of aromatic nitrogens is 2. The van der Waals surface area contributed by atoms with Crippen LogP contribution in [0.4, 0.5) is 0 Å². The Balaban J connectivity index is 2.49. The molecule has 0 aliphatic heterocycles. The van der Waals surface area contributed by atoms with E-state index in [1.54, 1.807) is 20.2 Å². The third-order valence-electron chi connectivity index (χ3n) is 3.51. The summed E-state index contributed by atoms with van der Waals surface area (Å²) in [6, 6.07) is 3.05. The quantitative estimate of drug-likeness (QED) is 0.782. The average Bonchev–Trinajstić information content (AvgIpc) is 2.62. The van der Waals surface area contributed by atoms with Gasteiger partial charge in [0.05, 0.1) is 15.9 Å². The van der Waals surface area contributed by atoms with E-state index >= 15 is 0 Å². The fraction of sp³-hybridized carbons (Fsp3) is 0.462. The van der Waals surface area contributed by atoms with Gasteiger partial charge in [0, 0.05) is 31.2 Å². The van der Waals surface area contributed by atoms with Gasteiger partial charge in [0.25, 0.3) is 0 Å². The summed E-state index contributed by atoms with van der Waals surface area (Å²) in [5.74, 6) is 0. The Morgan fingerprint density at radius 2 is 1.82 bits per heavy atom. The Morgan fingerprint density at radius 3 is 2.36 bits per heavy atom. The Kier molecular flexibility index (Phi) is 4.81. The summed E-state index contributed by atoms with van der Waals surface area (Å²) in [4.78, 5) is 12.0. The van der Waals surface area contributed by atoms with Crippen LogP contribution in [0.5, 0.6) is 0 Å². The van der Waals surface area contributed by atoms with Crippen molar-refractivity contribution in [2.75, 3.05) is 6.54 Å². The third kappa shape index (κ3) is 3.12. The Labute approximate surface area is 137 Å². The van der Waals surface area contributed by atoms with Crippen LogP contribution < -0.4 is 16.1 Å². The number of fused-ring (bicyclic) bond motifs is 1. The SMILES string of the molecule is CC(N)CCNS(=O)(=O)c1cc2c(cc1Br)n(C)c(=O)n2C. The predicted molar refractivity (Wildman–Crippen MR) is 89.3 cm³/mol. The fourth-order valence-electron chi connectivity index (χ4n) is 2.21. The average molecular weight is 391 g/mol. The van der Waals surface area contributed by atoms with Crippen molar-refractivity contribution >= 4 is 37.0 Å². The number of hydrogen-bond acceptors (Lipinski definition) is 4. The van der Waals surface area contributed by atoms with E-state index in [-0.39, 0.29) is 23.2 Å². The molecule has 1 unspecified atom stereocenters. The largest absolute Gasteiger partial charge is 0.328 e. The summed E-state index contributed by atoms with van der Waals surface area (Å²) >= 11 is 3.27. The van der Waals surface area contributed by atoms with Crippen molar-refractivity contribution in [3.05, 3.63) is 27.1 Å². The van der Waals surface area contributed by atoms with Gasteiger partial charge in [-0.15, -0.1) is 0 Å². The van der Waals surface area contributed by atoms with Gasteiger partial charge in [-0.1, -0.05) is 0 Å². The van der Waals surface area contributed by atoms with E-state index in [1.165, 1.54) is 15.2 Å². The first-order chi connectivity index (χ1) is 10.1. The summed E-state index contributed by atoms with van der Waals surface area (Å²) in [6.45, 7) is 2.08. The zero-order valence-electron chi connectivity index (χ0n) is 12.6. The Hall–Kier alpha value is -1.16. The second-order valence-corrected chi connectivity index (χ2v) is 7.93. The molecular formula is C13H19BrN4O3S. The molecule has 9 heteroatoms. The van der Waals surface area contributed by atoms with Crippen LogP contribution in [0, 0.1) is 0 Å². The number of imidazole rings is 1.